The number of aliphatic hydroxyl groups excluding tert-OH is 1. The molecule has 1 unspecified atom stereocenters. The topological polar surface area (TPSA) is 56.7 Å². The van der Waals surface area contributed by atoms with Crippen LogP contribution < -0.4 is 0 Å². The van der Waals surface area contributed by atoms with Crippen molar-refractivity contribution in [3.63, 3.8) is 0 Å². The first-order valence-corrected chi connectivity index (χ1v) is 9.47. The second-order valence-corrected chi connectivity index (χ2v) is 8.09. The number of nitrogens with zero attached hydrogens (tertiary/aromatic N) is 3. The third kappa shape index (κ3) is 4.52. The van der Waals surface area contributed by atoms with E-state index in [1.165, 1.54) is 0 Å². The number of hydrogen-bond acceptors (Lipinski definition) is 5. The van der Waals surface area contributed by atoms with Crippen LogP contribution >= 0.6 is 11.3 Å². The molecule has 3 rings (SSSR count). The summed E-state index contributed by atoms with van der Waals surface area (Å²) in [6.45, 7) is 5.31. The van der Waals surface area contributed by atoms with Crippen molar-refractivity contribution < 1.29 is 9.90 Å². The van der Waals surface area contributed by atoms with E-state index < -0.39 is 0 Å². The van der Waals surface area contributed by atoms with E-state index in [1.54, 1.807) is 16.2 Å². The predicted octanol–water partition coefficient (Wildman–Crippen LogP) is 1.89. The summed E-state index contributed by atoms with van der Waals surface area (Å²) < 4.78 is 0. The van der Waals surface area contributed by atoms with Crippen LogP contribution in [0.3, 0.4) is 0 Å². The van der Waals surface area contributed by atoms with Gasteiger partial charge in [-0.1, -0.05) is 0 Å². The van der Waals surface area contributed by atoms with Gasteiger partial charge in [-0.3, -0.25) is 9.69 Å². The zero-order chi connectivity index (χ0) is 16.4. The Morgan fingerprint density at radius 2 is 2.13 bits per heavy atom. The van der Waals surface area contributed by atoms with Crippen LogP contribution in [0.4, 0.5) is 0 Å². The molecule has 1 atom stereocenters. The second-order valence-electron chi connectivity index (χ2n) is 7.03. The van der Waals surface area contributed by atoms with Gasteiger partial charge in [0.2, 0.25) is 5.91 Å². The molecule has 1 aromatic rings. The zero-order valence-electron chi connectivity index (χ0n) is 14.1. The minimum atomic E-state index is -0.336. The summed E-state index contributed by atoms with van der Waals surface area (Å²) in [4.78, 5) is 21.2. The third-order valence-corrected chi connectivity index (χ3v) is 5.81. The molecular formula is C17H27N3O2S. The smallest absolute Gasteiger partial charge is 0.225 e. The number of aliphatic hydroxyl groups is 1. The van der Waals surface area contributed by atoms with Crippen LogP contribution in [0, 0.1) is 18.8 Å². The summed E-state index contributed by atoms with van der Waals surface area (Å²) in [5.74, 6) is 0.738. The van der Waals surface area contributed by atoms with Crippen molar-refractivity contribution in [2.75, 3.05) is 26.7 Å². The van der Waals surface area contributed by atoms with Gasteiger partial charge in [-0.2, -0.15) is 0 Å². The van der Waals surface area contributed by atoms with E-state index in [4.69, 9.17) is 0 Å². The Labute approximate surface area is 142 Å². The van der Waals surface area contributed by atoms with Crippen molar-refractivity contribution in [3.8, 4) is 0 Å². The monoisotopic (exact) mass is 337 g/mol. The Kier molecular flexibility index (Phi) is 5.34. The van der Waals surface area contributed by atoms with Crippen molar-refractivity contribution in [2.24, 2.45) is 11.8 Å². The number of likely N-dealkylation sites (tertiary alicyclic amines) is 1. The van der Waals surface area contributed by atoms with Crippen molar-refractivity contribution in [2.45, 2.75) is 45.3 Å². The number of thiazole rings is 1. The van der Waals surface area contributed by atoms with Gasteiger partial charge in [-0.15, -0.1) is 11.3 Å². The van der Waals surface area contributed by atoms with Crippen LogP contribution in [0.15, 0.2) is 5.38 Å². The minimum absolute atomic E-state index is 0.111. The molecule has 0 aromatic carbocycles. The lowest BCUT2D eigenvalue weighted by atomic mass is 9.95. The average Bonchev–Trinajstić information content (AvgIpc) is 3.31. The fourth-order valence-corrected chi connectivity index (χ4v) is 3.96. The molecule has 128 valence electrons. The normalized spacial score (nSPS) is 21.3. The first kappa shape index (κ1) is 16.9. The standard InChI is InChI=1S/C17H27N3O2S/c1-12-18-15(11-23-12)9-20-7-5-14(6-8-20)17(22)19(2)10-16(21)13-3-4-13/h11,13-14,16,21H,3-10H2,1-2H3. The van der Waals surface area contributed by atoms with E-state index in [2.05, 4.69) is 15.3 Å². The summed E-state index contributed by atoms with van der Waals surface area (Å²) in [5.41, 5.74) is 1.14. The number of carbonyl (C=O) groups is 1. The molecule has 1 N–H and O–H groups in total. The number of aromatic nitrogens is 1. The summed E-state index contributed by atoms with van der Waals surface area (Å²) >= 11 is 1.69. The summed E-state index contributed by atoms with van der Waals surface area (Å²) in [6.07, 6.45) is 3.70. The highest BCUT2D eigenvalue weighted by molar-refractivity contribution is 7.09. The van der Waals surface area contributed by atoms with Crippen LogP contribution in [-0.4, -0.2) is 58.6 Å². The molecule has 1 amide bonds. The summed E-state index contributed by atoms with van der Waals surface area (Å²) in [6, 6.07) is 0. The summed E-state index contributed by atoms with van der Waals surface area (Å²) in [7, 11) is 1.83. The summed E-state index contributed by atoms with van der Waals surface area (Å²) in [5, 5.41) is 13.2. The SMILES string of the molecule is Cc1nc(CN2CCC(C(=O)N(C)CC(O)C3CC3)CC2)cs1. The number of likely N-dealkylation sites (N-methyl/N-ethyl adjacent to an activating group) is 1. The van der Waals surface area contributed by atoms with Crippen LogP contribution in [-0.2, 0) is 11.3 Å². The van der Waals surface area contributed by atoms with E-state index in [9.17, 15) is 9.90 Å². The van der Waals surface area contributed by atoms with Gasteiger partial charge in [-0.05, 0) is 51.6 Å². The molecule has 1 aromatic heterocycles. The number of rotatable bonds is 6. The van der Waals surface area contributed by atoms with Gasteiger partial charge in [0.1, 0.15) is 0 Å². The van der Waals surface area contributed by atoms with Crippen molar-refractivity contribution in [1.82, 2.24) is 14.8 Å². The van der Waals surface area contributed by atoms with E-state index in [1.807, 2.05) is 14.0 Å². The molecule has 2 fully saturated rings. The largest absolute Gasteiger partial charge is 0.391 e. The molecule has 1 aliphatic carbocycles. The Bertz CT molecular complexity index is 536. The first-order chi connectivity index (χ1) is 11.0. The number of amides is 1. The number of carbonyl (C=O) groups excluding carboxylic acids is 1. The van der Waals surface area contributed by atoms with Gasteiger partial charge >= 0.3 is 0 Å². The molecule has 6 heteroatoms. The molecule has 1 aliphatic heterocycles. The second kappa shape index (κ2) is 7.28. The molecule has 1 saturated heterocycles. The fourth-order valence-electron chi connectivity index (χ4n) is 3.36. The molecule has 0 bridgehead atoms. The minimum Gasteiger partial charge on any atom is -0.391 e. The highest BCUT2D eigenvalue weighted by Crippen LogP contribution is 2.33. The Morgan fingerprint density at radius 1 is 1.43 bits per heavy atom. The van der Waals surface area contributed by atoms with Crippen LogP contribution in [0.1, 0.15) is 36.4 Å². The lowest BCUT2D eigenvalue weighted by Crippen LogP contribution is -2.43. The lowest BCUT2D eigenvalue weighted by molar-refractivity contribution is -0.137. The van der Waals surface area contributed by atoms with Gasteiger partial charge in [0.15, 0.2) is 0 Å². The van der Waals surface area contributed by atoms with Gasteiger partial charge in [0, 0.05) is 31.4 Å². The number of piperidine rings is 1. The predicted molar refractivity (Wildman–Crippen MR) is 91.2 cm³/mol. The Morgan fingerprint density at radius 3 is 2.70 bits per heavy atom. The Hall–Kier alpha value is -0.980. The van der Waals surface area contributed by atoms with Crippen LogP contribution in [0.2, 0.25) is 0 Å². The maximum absolute atomic E-state index is 12.5. The third-order valence-electron chi connectivity index (χ3n) is 4.99. The van der Waals surface area contributed by atoms with E-state index >= 15 is 0 Å². The lowest BCUT2D eigenvalue weighted by Gasteiger charge is -2.33. The highest BCUT2D eigenvalue weighted by atomic mass is 32.1. The van der Waals surface area contributed by atoms with Crippen molar-refractivity contribution in [1.29, 1.82) is 0 Å². The maximum Gasteiger partial charge on any atom is 0.225 e. The maximum atomic E-state index is 12.5. The first-order valence-electron chi connectivity index (χ1n) is 8.59. The quantitative estimate of drug-likeness (QED) is 0.861. The van der Waals surface area contributed by atoms with Crippen molar-refractivity contribution >= 4 is 17.2 Å². The van der Waals surface area contributed by atoms with Gasteiger partial charge in [0.05, 0.1) is 16.8 Å². The average molecular weight is 337 g/mol. The van der Waals surface area contributed by atoms with Crippen LogP contribution in [0.5, 0.6) is 0 Å². The molecule has 2 heterocycles. The molecule has 0 spiro atoms. The molecule has 0 radical (unpaired) electrons. The molecule has 1 saturated carbocycles. The van der Waals surface area contributed by atoms with Gasteiger partial charge < -0.3 is 10.0 Å². The molecule has 5 nitrogen and oxygen atoms in total. The molecule has 2 aliphatic rings. The van der Waals surface area contributed by atoms with Gasteiger partial charge in [0.25, 0.3) is 0 Å². The highest BCUT2D eigenvalue weighted by Gasteiger charge is 2.33. The fraction of sp³-hybridized carbons (Fsp3) is 0.765. The Balaban J connectivity index is 1.43. The van der Waals surface area contributed by atoms with E-state index in [0.29, 0.717) is 12.5 Å². The van der Waals surface area contributed by atoms with Gasteiger partial charge in [-0.25, -0.2) is 4.98 Å². The molecular weight excluding hydrogens is 310 g/mol. The van der Waals surface area contributed by atoms with E-state index in [-0.39, 0.29) is 17.9 Å². The number of aryl methyl sites for hydroxylation is 1. The molecule has 23 heavy (non-hydrogen) atoms. The number of hydrogen-bond donors (Lipinski definition) is 1. The zero-order valence-corrected chi connectivity index (χ0v) is 14.9. The van der Waals surface area contributed by atoms with Crippen LogP contribution in [0.25, 0.3) is 0 Å². The van der Waals surface area contributed by atoms with Crippen molar-refractivity contribution in [3.05, 3.63) is 16.1 Å². The van der Waals surface area contributed by atoms with E-state index in [0.717, 1.165) is 56.0 Å².